The Morgan fingerprint density at radius 2 is 1.78 bits per heavy atom. The number of fused-ring (bicyclic) bond motifs is 1. The van der Waals surface area contributed by atoms with Crippen LogP contribution in [0.4, 0.5) is 5.69 Å². The zero-order valence-electron chi connectivity index (χ0n) is 16.1. The standard InChI is InChI=1S/C22H24N2O3/c1-14-5-6-17(15(2)9-14)12-24(4)13-18-10-22(26)27-21-11-19(23-16(3)25)7-8-20(18)21/h5-11H,12-13H2,1-4H3,(H,23,25). The second-order valence-corrected chi connectivity index (χ2v) is 7.09. The molecule has 3 rings (SSSR count). The van der Waals surface area contributed by atoms with Gasteiger partial charge in [0.2, 0.25) is 5.91 Å². The highest BCUT2D eigenvalue weighted by Gasteiger charge is 2.11. The van der Waals surface area contributed by atoms with Crippen LogP contribution in [0.3, 0.4) is 0 Å². The van der Waals surface area contributed by atoms with Gasteiger partial charge in [0.1, 0.15) is 5.58 Å². The van der Waals surface area contributed by atoms with Crippen molar-refractivity contribution in [1.82, 2.24) is 4.90 Å². The molecule has 0 aliphatic rings. The van der Waals surface area contributed by atoms with Gasteiger partial charge >= 0.3 is 5.63 Å². The van der Waals surface area contributed by atoms with Crippen molar-refractivity contribution >= 4 is 22.6 Å². The number of nitrogens with one attached hydrogen (secondary N) is 1. The molecule has 0 radical (unpaired) electrons. The molecule has 5 heteroatoms. The third-order valence-corrected chi connectivity index (χ3v) is 4.53. The van der Waals surface area contributed by atoms with Crippen LogP contribution in [0.25, 0.3) is 11.0 Å². The summed E-state index contributed by atoms with van der Waals surface area (Å²) in [6.07, 6.45) is 0. The molecule has 0 atom stereocenters. The molecular formula is C22H24N2O3. The molecule has 2 aromatic carbocycles. The van der Waals surface area contributed by atoms with Crippen molar-refractivity contribution in [3.8, 4) is 0 Å². The van der Waals surface area contributed by atoms with E-state index in [1.54, 1.807) is 12.1 Å². The number of nitrogens with zero attached hydrogens (tertiary/aromatic N) is 1. The highest BCUT2D eigenvalue weighted by molar-refractivity contribution is 5.92. The molecule has 3 aromatic rings. The molecule has 1 aromatic heterocycles. The molecule has 0 bridgehead atoms. The topological polar surface area (TPSA) is 62.6 Å². The number of aryl methyl sites for hydroxylation is 2. The number of carbonyl (C=O) groups excluding carboxylic acids is 1. The summed E-state index contributed by atoms with van der Waals surface area (Å²) in [5.41, 5.74) is 5.38. The molecular weight excluding hydrogens is 340 g/mol. The lowest BCUT2D eigenvalue weighted by molar-refractivity contribution is -0.114. The molecule has 140 valence electrons. The average Bonchev–Trinajstić information content (AvgIpc) is 2.56. The summed E-state index contributed by atoms with van der Waals surface area (Å²) in [5, 5.41) is 3.58. The highest BCUT2D eigenvalue weighted by atomic mass is 16.4. The molecule has 1 N–H and O–H groups in total. The number of rotatable bonds is 5. The summed E-state index contributed by atoms with van der Waals surface area (Å²) in [6, 6.07) is 13.4. The van der Waals surface area contributed by atoms with Gasteiger partial charge in [-0.15, -0.1) is 0 Å². The van der Waals surface area contributed by atoms with E-state index < -0.39 is 5.63 Å². The molecule has 5 nitrogen and oxygen atoms in total. The highest BCUT2D eigenvalue weighted by Crippen LogP contribution is 2.23. The van der Waals surface area contributed by atoms with Crippen LogP contribution < -0.4 is 10.9 Å². The number of amides is 1. The minimum absolute atomic E-state index is 0.166. The monoisotopic (exact) mass is 364 g/mol. The zero-order valence-corrected chi connectivity index (χ0v) is 16.1. The van der Waals surface area contributed by atoms with Gasteiger partial charge in [-0.3, -0.25) is 9.69 Å². The van der Waals surface area contributed by atoms with Gasteiger partial charge in [-0.25, -0.2) is 4.79 Å². The molecule has 0 unspecified atom stereocenters. The summed E-state index contributed by atoms with van der Waals surface area (Å²) in [7, 11) is 2.03. The largest absolute Gasteiger partial charge is 0.423 e. The Bertz CT molecular complexity index is 1050. The maximum absolute atomic E-state index is 12.0. The Labute approximate surface area is 158 Å². The SMILES string of the molecule is CC(=O)Nc1ccc2c(CN(C)Cc3ccc(C)cc3C)cc(=O)oc2c1. The summed E-state index contributed by atoms with van der Waals surface area (Å²) in [6.45, 7) is 7.06. The van der Waals surface area contributed by atoms with E-state index in [1.165, 1.54) is 23.6 Å². The van der Waals surface area contributed by atoms with E-state index in [4.69, 9.17) is 4.42 Å². The van der Waals surface area contributed by atoms with Gasteiger partial charge in [0.25, 0.3) is 0 Å². The first kappa shape index (κ1) is 18.9. The fourth-order valence-electron chi connectivity index (χ4n) is 3.30. The normalized spacial score (nSPS) is 11.1. The third kappa shape index (κ3) is 4.63. The Morgan fingerprint density at radius 3 is 2.48 bits per heavy atom. The van der Waals surface area contributed by atoms with Gasteiger partial charge in [0, 0.05) is 43.2 Å². The quantitative estimate of drug-likeness (QED) is 0.695. The number of carbonyl (C=O) groups is 1. The van der Waals surface area contributed by atoms with Crippen LogP contribution in [-0.2, 0) is 17.9 Å². The Balaban J connectivity index is 1.87. The van der Waals surface area contributed by atoms with Crippen molar-refractivity contribution in [1.29, 1.82) is 0 Å². The van der Waals surface area contributed by atoms with E-state index in [1.807, 2.05) is 19.2 Å². The number of hydrogen-bond donors (Lipinski definition) is 1. The molecule has 0 saturated heterocycles. The molecule has 0 saturated carbocycles. The average molecular weight is 364 g/mol. The van der Waals surface area contributed by atoms with E-state index >= 15 is 0 Å². The van der Waals surface area contributed by atoms with Crippen LogP contribution >= 0.6 is 0 Å². The summed E-state index contributed by atoms with van der Waals surface area (Å²) in [4.78, 5) is 25.4. The second-order valence-electron chi connectivity index (χ2n) is 7.09. The van der Waals surface area contributed by atoms with Crippen LogP contribution in [0.15, 0.2) is 51.7 Å². The lowest BCUT2D eigenvalue weighted by atomic mass is 10.0. The number of benzene rings is 2. The first-order chi connectivity index (χ1) is 12.8. The minimum Gasteiger partial charge on any atom is -0.423 e. The predicted octanol–water partition coefficient (Wildman–Crippen LogP) is 4.00. The Kier molecular flexibility index (Phi) is 5.42. The first-order valence-corrected chi connectivity index (χ1v) is 8.91. The summed E-state index contributed by atoms with van der Waals surface area (Å²) < 4.78 is 5.33. The van der Waals surface area contributed by atoms with Gasteiger partial charge in [-0.2, -0.15) is 0 Å². The predicted molar refractivity (Wildman–Crippen MR) is 108 cm³/mol. The van der Waals surface area contributed by atoms with E-state index in [0.717, 1.165) is 17.5 Å². The van der Waals surface area contributed by atoms with Gasteiger partial charge < -0.3 is 9.73 Å². The fraction of sp³-hybridized carbons (Fsp3) is 0.273. The first-order valence-electron chi connectivity index (χ1n) is 8.91. The van der Waals surface area contributed by atoms with Crippen molar-refractivity contribution in [2.75, 3.05) is 12.4 Å². The van der Waals surface area contributed by atoms with E-state index in [-0.39, 0.29) is 5.91 Å². The fourth-order valence-corrected chi connectivity index (χ4v) is 3.30. The minimum atomic E-state index is -0.391. The van der Waals surface area contributed by atoms with Gasteiger partial charge in [0.15, 0.2) is 0 Å². The van der Waals surface area contributed by atoms with Gasteiger partial charge in [-0.1, -0.05) is 23.8 Å². The number of anilines is 1. The number of hydrogen-bond acceptors (Lipinski definition) is 4. The third-order valence-electron chi connectivity index (χ3n) is 4.53. The van der Waals surface area contributed by atoms with E-state index in [0.29, 0.717) is 17.8 Å². The molecule has 0 fully saturated rings. The zero-order chi connectivity index (χ0) is 19.6. The molecule has 1 amide bonds. The van der Waals surface area contributed by atoms with Crippen LogP contribution in [-0.4, -0.2) is 17.9 Å². The Hall–Kier alpha value is -2.92. The Morgan fingerprint density at radius 1 is 1.04 bits per heavy atom. The molecule has 1 heterocycles. The smallest absolute Gasteiger partial charge is 0.336 e. The molecule has 0 spiro atoms. The van der Waals surface area contributed by atoms with Crippen molar-refractivity contribution in [3.05, 3.63) is 75.1 Å². The van der Waals surface area contributed by atoms with Crippen LogP contribution in [0.5, 0.6) is 0 Å². The molecule has 0 aliphatic heterocycles. The van der Waals surface area contributed by atoms with Gasteiger partial charge in [0.05, 0.1) is 0 Å². The molecule has 27 heavy (non-hydrogen) atoms. The van der Waals surface area contributed by atoms with Gasteiger partial charge in [-0.05, 0) is 49.7 Å². The van der Waals surface area contributed by atoms with Crippen molar-refractivity contribution in [3.63, 3.8) is 0 Å². The lowest BCUT2D eigenvalue weighted by Gasteiger charge is -2.19. The summed E-state index contributed by atoms with van der Waals surface area (Å²) in [5.74, 6) is -0.166. The van der Waals surface area contributed by atoms with Crippen LogP contribution in [0.1, 0.15) is 29.2 Å². The van der Waals surface area contributed by atoms with Crippen molar-refractivity contribution in [2.24, 2.45) is 0 Å². The summed E-state index contributed by atoms with van der Waals surface area (Å²) >= 11 is 0. The van der Waals surface area contributed by atoms with Crippen LogP contribution in [0, 0.1) is 13.8 Å². The lowest BCUT2D eigenvalue weighted by Crippen LogP contribution is -2.19. The maximum Gasteiger partial charge on any atom is 0.336 e. The van der Waals surface area contributed by atoms with E-state index in [2.05, 4.69) is 42.3 Å². The second kappa shape index (κ2) is 7.76. The van der Waals surface area contributed by atoms with E-state index in [9.17, 15) is 9.59 Å². The molecule has 0 aliphatic carbocycles. The van der Waals surface area contributed by atoms with Crippen LogP contribution in [0.2, 0.25) is 0 Å². The van der Waals surface area contributed by atoms with Crippen molar-refractivity contribution < 1.29 is 9.21 Å². The maximum atomic E-state index is 12.0. The van der Waals surface area contributed by atoms with Crippen molar-refractivity contribution in [2.45, 2.75) is 33.9 Å².